The van der Waals surface area contributed by atoms with E-state index in [9.17, 15) is 14.9 Å². The van der Waals surface area contributed by atoms with E-state index in [-0.39, 0.29) is 18.0 Å². The molecule has 1 aromatic rings. The van der Waals surface area contributed by atoms with Gasteiger partial charge in [-0.05, 0) is 24.4 Å². The Labute approximate surface area is 110 Å². The Hall–Kier alpha value is -1.95. The van der Waals surface area contributed by atoms with Gasteiger partial charge in [0.1, 0.15) is 0 Å². The normalized spacial score (nSPS) is 19.5. The number of carboxylic acid groups (broad SMARTS) is 1. The fourth-order valence-electron chi connectivity index (χ4n) is 2.45. The number of nitrogens with zero attached hydrogens (tertiary/aromatic N) is 2. The van der Waals surface area contributed by atoms with Gasteiger partial charge in [-0.25, -0.2) is 0 Å². The Balaban J connectivity index is 1.88. The van der Waals surface area contributed by atoms with Crippen LogP contribution in [0.4, 0.5) is 5.69 Å². The summed E-state index contributed by atoms with van der Waals surface area (Å²) in [5.41, 5.74) is 1.11. The lowest BCUT2D eigenvalue weighted by Gasteiger charge is -2.15. The first-order chi connectivity index (χ1) is 9.04. The molecule has 2 rings (SSSR count). The van der Waals surface area contributed by atoms with Crippen LogP contribution in [0.15, 0.2) is 24.3 Å². The van der Waals surface area contributed by atoms with Crippen molar-refractivity contribution in [2.24, 2.45) is 5.92 Å². The van der Waals surface area contributed by atoms with Crippen molar-refractivity contribution in [3.63, 3.8) is 0 Å². The number of nitro benzene ring substituents is 1. The molecule has 6 nitrogen and oxygen atoms in total. The third-order valence-electron chi connectivity index (χ3n) is 3.39. The number of carboxylic acids is 1. The zero-order valence-corrected chi connectivity index (χ0v) is 10.5. The number of benzene rings is 1. The summed E-state index contributed by atoms with van der Waals surface area (Å²) in [7, 11) is 0. The highest BCUT2D eigenvalue weighted by Gasteiger charge is 2.24. The summed E-state index contributed by atoms with van der Waals surface area (Å²) in [6.45, 7) is 2.38. The van der Waals surface area contributed by atoms with Gasteiger partial charge in [0.05, 0.1) is 4.92 Å². The second-order valence-corrected chi connectivity index (χ2v) is 4.91. The zero-order chi connectivity index (χ0) is 13.8. The maximum atomic E-state index is 10.6. The quantitative estimate of drug-likeness (QED) is 0.648. The van der Waals surface area contributed by atoms with E-state index in [1.54, 1.807) is 12.1 Å². The van der Waals surface area contributed by atoms with E-state index in [1.807, 2.05) is 0 Å². The lowest BCUT2D eigenvalue weighted by atomic mass is 10.1. The molecule has 6 heteroatoms. The summed E-state index contributed by atoms with van der Waals surface area (Å²) in [5.74, 6) is -0.530. The number of hydrogen-bond donors (Lipinski definition) is 1. The molecule has 0 spiro atoms. The summed E-state index contributed by atoms with van der Waals surface area (Å²) in [5, 5.41) is 19.3. The molecule has 0 saturated carbocycles. The molecule has 102 valence electrons. The molecule has 1 saturated heterocycles. The van der Waals surface area contributed by atoms with Crippen LogP contribution < -0.4 is 0 Å². The molecular weight excluding hydrogens is 248 g/mol. The number of rotatable bonds is 5. The Kier molecular flexibility index (Phi) is 4.11. The van der Waals surface area contributed by atoms with Crippen LogP contribution in [-0.4, -0.2) is 34.0 Å². The minimum absolute atomic E-state index is 0.0916. The van der Waals surface area contributed by atoms with Gasteiger partial charge in [-0.2, -0.15) is 0 Å². The molecule has 0 radical (unpaired) electrons. The Morgan fingerprint density at radius 2 is 2.11 bits per heavy atom. The predicted octanol–water partition coefficient (Wildman–Crippen LogP) is 1.89. The van der Waals surface area contributed by atoms with E-state index in [1.165, 1.54) is 12.1 Å². The van der Waals surface area contributed by atoms with Gasteiger partial charge < -0.3 is 5.11 Å². The van der Waals surface area contributed by atoms with Gasteiger partial charge >= 0.3 is 5.97 Å². The molecule has 1 aromatic carbocycles. The summed E-state index contributed by atoms with van der Waals surface area (Å²) < 4.78 is 0. The zero-order valence-electron chi connectivity index (χ0n) is 10.5. The number of aliphatic carboxylic acids is 1. The number of hydrogen-bond acceptors (Lipinski definition) is 4. The third kappa shape index (κ3) is 3.75. The Morgan fingerprint density at radius 1 is 1.42 bits per heavy atom. The first kappa shape index (κ1) is 13.5. The smallest absolute Gasteiger partial charge is 0.303 e. The fourth-order valence-corrected chi connectivity index (χ4v) is 2.45. The van der Waals surface area contributed by atoms with Crippen LogP contribution in [0.2, 0.25) is 0 Å². The Bertz CT molecular complexity index is 472. The largest absolute Gasteiger partial charge is 0.481 e. The molecular formula is C13H16N2O4. The van der Waals surface area contributed by atoms with E-state index in [0.29, 0.717) is 6.54 Å². The van der Waals surface area contributed by atoms with Crippen LogP contribution in [-0.2, 0) is 11.3 Å². The van der Waals surface area contributed by atoms with E-state index in [4.69, 9.17) is 5.11 Å². The Morgan fingerprint density at radius 3 is 2.68 bits per heavy atom. The maximum absolute atomic E-state index is 10.6. The van der Waals surface area contributed by atoms with E-state index >= 15 is 0 Å². The summed E-state index contributed by atoms with van der Waals surface area (Å²) in [6.07, 6.45) is 1.12. The van der Waals surface area contributed by atoms with E-state index in [0.717, 1.165) is 25.1 Å². The number of non-ortho nitro benzene ring substituents is 1. The molecule has 1 fully saturated rings. The van der Waals surface area contributed by atoms with Crippen LogP contribution in [0.5, 0.6) is 0 Å². The summed E-state index contributed by atoms with van der Waals surface area (Å²) in [4.78, 5) is 23.0. The molecule has 0 aliphatic carbocycles. The van der Waals surface area contributed by atoms with Crippen molar-refractivity contribution in [2.75, 3.05) is 13.1 Å². The van der Waals surface area contributed by atoms with Crippen molar-refractivity contribution >= 4 is 11.7 Å². The van der Waals surface area contributed by atoms with Crippen LogP contribution in [0, 0.1) is 16.0 Å². The number of likely N-dealkylation sites (tertiary alicyclic amines) is 1. The fraction of sp³-hybridized carbons (Fsp3) is 0.462. The van der Waals surface area contributed by atoms with Crippen LogP contribution in [0.1, 0.15) is 18.4 Å². The minimum atomic E-state index is -0.748. The molecule has 0 bridgehead atoms. The van der Waals surface area contributed by atoms with Crippen molar-refractivity contribution in [3.8, 4) is 0 Å². The van der Waals surface area contributed by atoms with Crippen molar-refractivity contribution in [1.29, 1.82) is 0 Å². The monoisotopic (exact) mass is 264 g/mol. The van der Waals surface area contributed by atoms with Crippen LogP contribution in [0.25, 0.3) is 0 Å². The van der Waals surface area contributed by atoms with Crippen LogP contribution >= 0.6 is 0 Å². The molecule has 1 atom stereocenters. The highest BCUT2D eigenvalue weighted by atomic mass is 16.6. The van der Waals surface area contributed by atoms with E-state index in [2.05, 4.69) is 4.90 Å². The van der Waals surface area contributed by atoms with Crippen molar-refractivity contribution in [1.82, 2.24) is 4.90 Å². The topological polar surface area (TPSA) is 83.7 Å². The minimum Gasteiger partial charge on any atom is -0.481 e. The van der Waals surface area contributed by atoms with Gasteiger partial charge in [0, 0.05) is 31.6 Å². The average molecular weight is 264 g/mol. The summed E-state index contributed by atoms with van der Waals surface area (Å²) >= 11 is 0. The lowest BCUT2D eigenvalue weighted by molar-refractivity contribution is -0.384. The first-order valence-corrected chi connectivity index (χ1v) is 6.22. The van der Waals surface area contributed by atoms with Crippen molar-refractivity contribution < 1.29 is 14.8 Å². The van der Waals surface area contributed by atoms with Gasteiger partial charge in [0.15, 0.2) is 0 Å². The average Bonchev–Trinajstić information content (AvgIpc) is 2.76. The third-order valence-corrected chi connectivity index (χ3v) is 3.39. The molecule has 1 unspecified atom stereocenters. The standard InChI is InChI=1S/C13H16N2O4/c16-13(17)7-11-5-6-14(9-11)8-10-1-3-12(4-2-10)15(18)19/h1-4,11H,5-9H2,(H,16,17). The van der Waals surface area contributed by atoms with Crippen molar-refractivity contribution in [2.45, 2.75) is 19.4 Å². The van der Waals surface area contributed by atoms with Gasteiger partial charge in [0.25, 0.3) is 5.69 Å². The van der Waals surface area contributed by atoms with Crippen LogP contribution in [0.3, 0.4) is 0 Å². The highest BCUT2D eigenvalue weighted by Crippen LogP contribution is 2.22. The van der Waals surface area contributed by atoms with E-state index < -0.39 is 10.9 Å². The first-order valence-electron chi connectivity index (χ1n) is 6.22. The van der Waals surface area contributed by atoms with Gasteiger partial charge in [-0.1, -0.05) is 12.1 Å². The maximum Gasteiger partial charge on any atom is 0.303 e. The second kappa shape index (κ2) is 5.79. The number of nitro groups is 1. The summed E-state index contributed by atoms with van der Waals surface area (Å²) in [6, 6.07) is 6.51. The SMILES string of the molecule is O=C(O)CC1CCN(Cc2ccc([N+](=O)[O-])cc2)C1. The highest BCUT2D eigenvalue weighted by molar-refractivity contribution is 5.67. The molecule has 19 heavy (non-hydrogen) atoms. The van der Waals surface area contributed by atoms with Gasteiger partial charge in [-0.3, -0.25) is 19.8 Å². The molecule has 1 heterocycles. The second-order valence-electron chi connectivity index (χ2n) is 4.91. The molecule has 0 amide bonds. The molecule has 1 N–H and O–H groups in total. The molecule has 0 aromatic heterocycles. The molecule has 1 aliphatic rings. The number of carbonyl (C=O) groups is 1. The van der Waals surface area contributed by atoms with Gasteiger partial charge in [-0.15, -0.1) is 0 Å². The predicted molar refractivity (Wildman–Crippen MR) is 68.7 cm³/mol. The molecule has 1 aliphatic heterocycles. The van der Waals surface area contributed by atoms with Gasteiger partial charge in [0.2, 0.25) is 0 Å². The lowest BCUT2D eigenvalue weighted by Crippen LogP contribution is -2.20. The van der Waals surface area contributed by atoms with Crippen molar-refractivity contribution in [3.05, 3.63) is 39.9 Å².